The molecule has 0 bridgehead atoms. The van der Waals surface area contributed by atoms with E-state index in [9.17, 15) is 4.79 Å². The van der Waals surface area contributed by atoms with Crippen LogP contribution in [0.25, 0.3) is 0 Å². The van der Waals surface area contributed by atoms with Crippen molar-refractivity contribution in [3.63, 3.8) is 0 Å². The standard InChI is InChI=1S/C17H14BrN3O2/c18-12-4-1-3-11(7-12)14-8-16(22)20-17-15(14)9-19-21(17)10-13-5-2-6-23-13/h1-7,9,14H,8,10H2,(H,20,22). The molecule has 0 fully saturated rings. The van der Waals surface area contributed by atoms with Crippen molar-refractivity contribution < 1.29 is 9.21 Å². The third-order valence-electron chi connectivity index (χ3n) is 4.03. The van der Waals surface area contributed by atoms with E-state index in [2.05, 4.69) is 32.4 Å². The number of hydrogen-bond acceptors (Lipinski definition) is 3. The molecule has 6 heteroatoms. The van der Waals surface area contributed by atoms with Gasteiger partial charge >= 0.3 is 0 Å². The first-order valence-corrected chi connectivity index (χ1v) is 8.13. The second-order valence-corrected chi connectivity index (χ2v) is 6.46. The molecule has 0 radical (unpaired) electrons. The lowest BCUT2D eigenvalue weighted by Crippen LogP contribution is -2.25. The Bertz CT molecular complexity index is 855. The highest BCUT2D eigenvalue weighted by Crippen LogP contribution is 2.37. The first kappa shape index (κ1) is 14.3. The van der Waals surface area contributed by atoms with Gasteiger partial charge in [-0.3, -0.25) is 4.79 Å². The molecule has 1 aliphatic heterocycles. The first-order valence-electron chi connectivity index (χ1n) is 7.34. The maximum atomic E-state index is 12.2. The molecule has 23 heavy (non-hydrogen) atoms. The van der Waals surface area contributed by atoms with Gasteiger partial charge in [0.15, 0.2) is 0 Å². The Morgan fingerprint density at radius 3 is 3.04 bits per heavy atom. The van der Waals surface area contributed by atoms with Crippen LogP contribution in [0.15, 0.2) is 57.7 Å². The minimum absolute atomic E-state index is 0.00340. The number of nitrogens with one attached hydrogen (secondary N) is 1. The van der Waals surface area contributed by atoms with Crippen molar-refractivity contribution in [3.05, 3.63) is 70.2 Å². The number of nitrogens with zero attached hydrogens (tertiary/aromatic N) is 2. The van der Waals surface area contributed by atoms with E-state index < -0.39 is 0 Å². The SMILES string of the molecule is O=C1CC(c2cccc(Br)c2)c2cnn(Cc3ccco3)c2N1. The van der Waals surface area contributed by atoms with Crippen LogP contribution >= 0.6 is 15.9 Å². The second kappa shape index (κ2) is 5.70. The number of anilines is 1. The van der Waals surface area contributed by atoms with Gasteiger partial charge in [-0.2, -0.15) is 5.10 Å². The number of fused-ring (bicyclic) bond motifs is 1. The molecule has 3 aromatic rings. The van der Waals surface area contributed by atoms with Crippen LogP contribution in [-0.4, -0.2) is 15.7 Å². The summed E-state index contributed by atoms with van der Waals surface area (Å²) >= 11 is 3.50. The van der Waals surface area contributed by atoms with E-state index in [1.807, 2.05) is 36.5 Å². The van der Waals surface area contributed by atoms with Gasteiger partial charge in [0.25, 0.3) is 0 Å². The molecular formula is C17H14BrN3O2. The summed E-state index contributed by atoms with van der Waals surface area (Å²) in [5.41, 5.74) is 2.14. The van der Waals surface area contributed by atoms with E-state index >= 15 is 0 Å². The molecule has 1 N–H and O–H groups in total. The van der Waals surface area contributed by atoms with Crippen molar-refractivity contribution in [2.45, 2.75) is 18.9 Å². The molecule has 1 atom stereocenters. The number of halogens is 1. The summed E-state index contributed by atoms with van der Waals surface area (Å²) < 4.78 is 8.15. The van der Waals surface area contributed by atoms with Gasteiger partial charge in [-0.25, -0.2) is 4.68 Å². The number of hydrogen-bond donors (Lipinski definition) is 1. The van der Waals surface area contributed by atoms with Crippen molar-refractivity contribution in [1.82, 2.24) is 9.78 Å². The highest BCUT2D eigenvalue weighted by atomic mass is 79.9. The summed E-state index contributed by atoms with van der Waals surface area (Å²) in [5, 5.41) is 7.38. The second-order valence-electron chi connectivity index (χ2n) is 5.55. The fourth-order valence-corrected chi connectivity index (χ4v) is 3.38. The third-order valence-corrected chi connectivity index (χ3v) is 4.52. The fourth-order valence-electron chi connectivity index (χ4n) is 2.96. The summed E-state index contributed by atoms with van der Waals surface area (Å²) in [6, 6.07) is 11.8. The van der Waals surface area contributed by atoms with Gasteiger partial charge in [0, 0.05) is 22.4 Å². The van der Waals surface area contributed by atoms with Crippen LogP contribution < -0.4 is 5.32 Å². The molecule has 0 spiro atoms. The van der Waals surface area contributed by atoms with Crippen LogP contribution in [0, 0.1) is 0 Å². The van der Waals surface area contributed by atoms with E-state index in [1.54, 1.807) is 10.9 Å². The Hall–Kier alpha value is -2.34. The average Bonchev–Trinajstić information content (AvgIpc) is 3.18. The molecule has 1 aromatic carbocycles. The van der Waals surface area contributed by atoms with E-state index in [0.29, 0.717) is 13.0 Å². The zero-order chi connectivity index (χ0) is 15.8. The Morgan fingerprint density at radius 2 is 2.26 bits per heavy atom. The van der Waals surface area contributed by atoms with E-state index in [0.717, 1.165) is 27.2 Å². The molecule has 1 amide bonds. The predicted octanol–water partition coefficient (Wildman–Crippen LogP) is 3.76. The summed E-state index contributed by atoms with van der Waals surface area (Å²) in [5.74, 6) is 1.57. The fraction of sp³-hybridized carbons (Fsp3) is 0.176. The molecule has 1 unspecified atom stereocenters. The summed E-state index contributed by atoms with van der Waals surface area (Å²) in [4.78, 5) is 12.2. The number of carbonyl (C=O) groups excluding carboxylic acids is 1. The molecule has 5 nitrogen and oxygen atoms in total. The number of aromatic nitrogens is 2. The quantitative estimate of drug-likeness (QED) is 0.762. The molecular weight excluding hydrogens is 358 g/mol. The molecule has 116 valence electrons. The maximum Gasteiger partial charge on any atom is 0.226 e. The van der Waals surface area contributed by atoms with Gasteiger partial charge in [0.2, 0.25) is 5.91 Å². The van der Waals surface area contributed by atoms with Crippen LogP contribution in [0.1, 0.15) is 29.2 Å². The van der Waals surface area contributed by atoms with Crippen LogP contribution in [0.5, 0.6) is 0 Å². The Kier molecular flexibility index (Phi) is 3.53. The van der Waals surface area contributed by atoms with Crippen molar-refractivity contribution >= 4 is 27.7 Å². The smallest absolute Gasteiger partial charge is 0.226 e. The lowest BCUT2D eigenvalue weighted by Gasteiger charge is -2.23. The van der Waals surface area contributed by atoms with Gasteiger partial charge in [0.1, 0.15) is 18.1 Å². The molecule has 0 saturated heterocycles. The number of carbonyl (C=O) groups is 1. The van der Waals surface area contributed by atoms with Gasteiger partial charge in [0.05, 0.1) is 12.5 Å². The third kappa shape index (κ3) is 2.70. The predicted molar refractivity (Wildman–Crippen MR) is 89.3 cm³/mol. The molecule has 3 heterocycles. The zero-order valence-electron chi connectivity index (χ0n) is 12.2. The highest BCUT2D eigenvalue weighted by Gasteiger charge is 2.30. The van der Waals surface area contributed by atoms with Crippen LogP contribution in [0.3, 0.4) is 0 Å². The van der Waals surface area contributed by atoms with Crippen molar-refractivity contribution in [2.24, 2.45) is 0 Å². The Balaban J connectivity index is 1.73. The lowest BCUT2D eigenvalue weighted by atomic mass is 9.87. The normalized spacial score (nSPS) is 16.9. The number of amides is 1. The van der Waals surface area contributed by atoms with E-state index in [-0.39, 0.29) is 11.8 Å². The maximum absolute atomic E-state index is 12.2. The van der Waals surface area contributed by atoms with Gasteiger partial charge in [-0.05, 0) is 29.8 Å². The summed E-state index contributed by atoms with van der Waals surface area (Å²) in [6.07, 6.45) is 3.90. The molecule has 2 aromatic heterocycles. The van der Waals surface area contributed by atoms with E-state index in [1.165, 1.54) is 0 Å². The number of rotatable bonds is 3. The minimum atomic E-state index is 0.00340. The van der Waals surface area contributed by atoms with Crippen LogP contribution in [0.2, 0.25) is 0 Å². The average molecular weight is 372 g/mol. The lowest BCUT2D eigenvalue weighted by molar-refractivity contribution is -0.116. The van der Waals surface area contributed by atoms with Crippen molar-refractivity contribution in [2.75, 3.05) is 5.32 Å². The molecule has 4 rings (SSSR count). The number of furan rings is 1. The topological polar surface area (TPSA) is 60.1 Å². The molecule has 1 aliphatic rings. The highest BCUT2D eigenvalue weighted by molar-refractivity contribution is 9.10. The van der Waals surface area contributed by atoms with Crippen LogP contribution in [-0.2, 0) is 11.3 Å². The largest absolute Gasteiger partial charge is 0.467 e. The minimum Gasteiger partial charge on any atom is -0.467 e. The van der Waals surface area contributed by atoms with Crippen molar-refractivity contribution in [3.8, 4) is 0 Å². The van der Waals surface area contributed by atoms with E-state index in [4.69, 9.17) is 4.42 Å². The van der Waals surface area contributed by atoms with Crippen molar-refractivity contribution in [1.29, 1.82) is 0 Å². The zero-order valence-corrected chi connectivity index (χ0v) is 13.8. The monoisotopic (exact) mass is 371 g/mol. The van der Waals surface area contributed by atoms with Gasteiger partial charge in [-0.15, -0.1) is 0 Å². The summed E-state index contributed by atoms with van der Waals surface area (Å²) in [7, 11) is 0. The summed E-state index contributed by atoms with van der Waals surface area (Å²) in [6.45, 7) is 0.494. The Labute approximate surface area is 141 Å². The number of benzene rings is 1. The van der Waals surface area contributed by atoms with Gasteiger partial charge in [-0.1, -0.05) is 28.1 Å². The molecule has 0 aliphatic carbocycles. The molecule has 0 saturated carbocycles. The van der Waals surface area contributed by atoms with Gasteiger partial charge < -0.3 is 9.73 Å². The Morgan fingerprint density at radius 1 is 1.35 bits per heavy atom. The first-order chi connectivity index (χ1) is 11.2. The van der Waals surface area contributed by atoms with Crippen LogP contribution in [0.4, 0.5) is 5.82 Å².